The quantitative estimate of drug-likeness (QED) is 0.214. The molecule has 1 amide bonds. The highest BCUT2D eigenvalue weighted by atomic mass is 32.1. The summed E-state index contributed by atoms with van der Waals surface area (Å²) in [6.07, 6.45) is 1.67. The van der Waals surface area contributed by atoms with Gasteiger partial charge < -0.3 is 34.9 Å². The zero-order chi connectivity index (χ0) is 29.3. The Labute approximate surface area is 239 Å². The smallest absolute Gasteiger partial charge is 0.335 e. The fourth-order valence-electron chi connectivity index (χ4n) is 4.74. The molecule has 41 heavy (non-hydrogen) atoms. The zero-order valence-corrected chi connectivity index (χ0v) is 22.6. The number of aromatic nitrogens is 1. The average Bonchev–Trinajstić information content (AvgIpc) is 3.57. The van der Waals surface area contributed by atoms with E-state index in [1.165, 1.54) is 26.2 Å². The minimum Gasteiger partial charge on any atom is -0.495 e. The molecule has 11 nitrogen and oxygen atoms in total. The number of hydrogen-bond donors (Lipinski definition) is 4. The van der Waals surface area contributed by atoms with E-state index in [1.807, 2.05) is 17.0 Å². The summed E-state index contributed by atoms with van der Waals surface area (Å²) in [5.41, 5.74) is 1.70. The Morgan fingerprint density at radius 3 is 2.37 bits per heavy atom. The molecule has 1 aliphatic rings. The second-order valence-corrected chi connectivity index (χ2v) is 9.56. The Kier molecular flexibility index (Phi) is 7.40. The van der Waals surface area contributed by atoms with Crippen molar-refractivity contribution in [2.24, 2.45) is 0 Å². The van der Waals surface area contributed by atoms with Gasteiger partial charge in [0.05, 0.1) is 35.7 Å². The summed E-state index contributed by atoms with van der Waals surface area (Å²) >= 11 is 5.76. The van der Waals surface area contributed by atoms with Crippen LogP contribution in [0.5, 0.6) is 5.75 Å². The number of carboxylic acids is 2. The third-order valence-corrected chi connectivity index (χ3v) is 6.81. The van der Waals surface area contributed by atoms with Crippen LogP contribution in [0, 0.1) is 0 Å². The fourth-order valence-corrected chi connectivity index (χ4v) is 5.08. The maximum absolute atomic E-state index is 11.9. The molecule has 1 aliphatic heterocycles. The fraction of sp³-hybridized carbons (Fsp3) is 0.138. The summed E-state index contributed by atoms with van der Waals surface area (Å²) in [5.74, 6) is -1.60. The molecule has 0 bridgehead atoms. The van der Waals surface area contributed by atoms with Crippen LogP contribution in [0.2, 0.25) is 0 Å². The first-order valence-corrected chi connectivity index (χ1v) is 12.7. The Morgan fingerprint density at radius 2 is 1.76 bits per heavy atom. The van der Waals surface area contributed by atoms with Gasteiger partial charge in [-0.1, -0.05) is 6.07 Å². The van der Waals surface area contributed by atoms with E-state index in [0.29, 0.717) is 39.3 Å². The van der Waals surface area contributed by atoms with E-state index in [1.54, 1.807) is 42.6 Å². The van der Waals surface area contributed by atoms with Crippen LogP contribution in [0.25, 0.3) is 11.3 Å². The van der Waals surface area contributed by atoms with Crippen LogP contribution < -0.4 is 20.3 Å². The molecule has 0 saturated carbocycles. The largest absolute Gasteiger partial charge is 0.495 e. The predicted octanol–water partition coefficient (Wildman–Crippen LogP) is 4.88. The van der Waals surface area contributed by atoms with Gasteiger partial charge >= 0.3 is 11.9 Å². The molecule has 0 spiro atoms. The molecule has 4 aromatic rings. The lowest BCUT2D eigenvalue weighted by Gasteiger charge is -2.27. The van der Waals surface area contributed by atoms with Gasteiger partial charge in [0, 0.05) is 24.4 Å². The summed E-state index contributed by atoms with van der Waals surface area (Å²) in [7, 11) is 1.50. The first-order valence-electron chi connectivity index (χ1n) is 12.3. The van der Waals surface area contributed by atoms with Crippen LogP contribution in [-0.2, 0) is 4.79 Å². The van der Waals surface area contributed by atoms with Crippen LogP contribution in [0.15, 0.2) is 77.3 Å². The van der Waals surface area contributed by atoms with E-state index in [0.717, 1.165) is 6.07 Å². The highest BCUT2D eigenvalue weighted by Gasteiger charge is 2.43. The number of amides is 1. The van der Waals surface area contributed by atoms with Crippen LogP contribution in [0.1, 0.15) is 51.2 Å². The number of benzene rings is 2. The number of hydrogen-bond acceptors (Lipinski definition) is 7. The summed E-state index contributed by atoms with van der Waals surface area (Å²) < 4.78 is 11.7. The number of pyridine rings is 1. The molecule has 0 unspecified atom stereocenters. The number of furan rings is 1. The topological polar surface area (TPSA) is 154 Å². The monoisotopic (exact) mass is 572 g/mol. The highest BCUT2D eigenvalue weighted by molar-refractivity contribution is 7.80. The van der Waals surface area contributed by atoms with Gasteiger partial charge in [0.1, 0.15) is 23.3 Å². The van der Waals surface area contributed by atoms with Gasteiger partial charge in [-0.25, -0.2) is 9.59 Å². The number of rotatable bonds is 8. The zero-order valence-electron chi connectivity index (χ0n) is 21.8. The SMILES string of the molecule is COc1ccc(N2C(=S)N[C@H](c3ccccn3)[C@H]2c2ccc(-c3cc(C(=O)O)cc(C(=O)O)c3)o2)cc1NC(C)=O. The molecule has 3 heterocycles. The number of carbonyl (C=O) groups is 3. The molecule has 5 rings (SSSR count). The Balaban J connectivity index is 1.62. The molecule has 0 aliphatic carbocycles. The number of methoxy groups -OCH3 is 1. The van der Waals surface area contributed by atoms with E-state index in [4.69, 9.17) is 21.4 Å². The lowest BCUT2D eigenvalue weighted by atomic mass is 10.0. The molecule has 2 aromatic carbocycles. The number of carbonyl (C=O) groups excluding carboxylic acids is 1. The van der Waals surface area contributed by atoms with Gasteiger partial charge in [0.2, 0.25) is 5.91 Å². The summed E-state index contributed by atoms with van der Waals surface area (Å²) in [6.45, 7) is 1.40. The Morgan fingerprint density at radius 1 is 1.02 bits per heavy atom. The predicted molar refractivity (Wildman–Crippen MR) is 153 cm³/mol. The summed E-state index contributed by atoms with van der Waals surface area (Å²) in [4.78, 5) is 41.5. The van der Waals surface area contributed by atoms with Gasteiger partial charge in [-0.3, -0.25) is 9.78 Å². The van der Waals surface area contributed by atoms with E-state index < -0.39 is 24.0 Å². The first-order chi connectivity index (χ1) is 19.7. The van der Waals surface area contributed by atoms with Crippen molar-refractivity contribution in [3.05, 3.63) is 95.5 Å². The number of aromatic carboxylic acids is 2. The second-order valence-electron chi connectivity index (χ2n) is 9.17. The normalized spacial score (nSPS) is 16.2. The lowest BCUT2D eigenvalue weighted by Crippen LogP contribution is -2.29. The van der Waals surface area contributed by atoms with Crippen LogP contribution in [0.4, 0.5) is 11.4 Å². The van der Waals surface area contributed by atoms with Crippen LogP contribution in [0.3, 0.4) is 0 Å². The minimum atomic E-state index is -1.26. The van der Waals surface area contributed by atoms with Crippen LogP contribution >= 0.6 is 12.2 Å². The third kappa shape index (κ3) is 5.45. The number of anilines is 2. The molecule has 4 N–H and O–H groups in total. The highest BCUT2D eigenvalue weighted by Crippen LogP contribution is 2.44. The van der Waals surface area contributed by atoms with Gasteiger partial charge in [0.25, 0.3) is 0 Å². The molecular formula is C29H24N4O7S. The Hall–Kier alpha value is -5.23. The van der Waals surface area contributed by atoms with Gasteiger partial charge in [-0.15, -0.1) is 0 Å². The summed E-state index contributed by atoms with van der Waals surface area (Å²) in [5, 5.41) is 25.5. The average molecular weight is 573 g/mol. The number of ether oxygens (including phenoxy) is 1. The number of thiocarbonyl (C=S) groups is 1. The molecule has 1 fully saturated rings. The van der Waals surface area contributed by atoms with Crippen molar-refractivity contribution in [3.63, 3.8) is 0 Å². The van der Waals surface area contributed by atoms with Crippen molar-refractivity contribution in [1.29, 1.82) is 0 Å². The molecule has 0 radical (unpaired) electrons. The summed E-state index contributed by atoms with van der Waals surface area (Å²) in [6, 6.07) is 16.9. The van der Waals surface area contributed by atoms with Gasteiger partial charge in [-0.05, 0) is 72.9 Å². The van der Waals surface area contributed by atoms with Crippen LogP contribution in [-0.4, -0.2) is 45.3 Å². The molecule has 1 saturated heterocycles. The number of carboxylic acid groups (broad SMARTS) is 2. The number of nitrogens with one attached hydrogen (secondary N) is 2. The minimum absolute atomic E-state index is 0.182. The molecular weight excluding hydrogens is 548 g/mol. The maximum atomic E-state index is 11.9. The van der Waals surface area contributed by atoms with Gasteiger partial charge in [-0.2, -0.15) is 0 Å². The Bertz CT molecular complexity index is 1640. The number of nitrogens with zero attached hydrogens (tertiary/aromatic N) is 2. The standard InChI is InChI=1S/C29H24N4O7S/c1-15(34)31-21-14-19(6-7-23(21)39-2)33-26(25(32-29(33)41)20-5-3-4-10-30-20)24-9-8-22(40-24)16-11-17(27(35)36)13-18(12-16)28(37)38/h3-14,25-26H,1-2H3,(H,31,34)(H,32,41)(H,35,36)(H,37,38)/t25-,26-/m1/s1. The molecule has 208 valence electrons. The van der Waals surface area contributed by atoms with Crippen molar-refractivity contribution >= 4 is 46.6 Å². The van der Waals surface area contributed by atoms with Crippen molar-refractivity contribution in [2.45, 2.75) is 19.0 Å². The molecule has 2 atom stereocenters. The second kappa shape index (κ2) is 11.1. The molecule has 2 aromatic heterocycles. The van der Waals surface area contributed by atoms with Crippen molar-refractivity contribution in [2.75, 3.05) is 17.3 Å². The van der Waals surface area contributed by atoms with E-state index in [-0.39, 0.29) is 22.8 Å². The first kappa shape index (κ1) is 27.3. The lowest BCUT2D eigenvalue weighted by molar-refractivity contribution is -0.114. The van der Waals surface area contributed by atoms with E-state index in [9.17, 15) is 24.6 Å². The maximum Gasteiger partial charge on any atom is 0.335 e. The third-order valence-electron chi connectivity index (χ3n) is 6.50. The molecule has 12 heteroatoms. The van der Waals surface area contributed by atoms with E-state index >= 15 is 0 Å². The van der Waals surface area contributed by atoms with Gasteiger partial charge in [0.15, 0.2) is 5.11 Å². The van der Waals surface area contributed by atoms with E-state index in [2.05, 4.69) is 15.6 Å². The van der Waals surface area contributed by atoms with Crippen molar-refractivity contribution < 1.29 is 33.8 Å². The van der Waals surface area contributed by atoms with Crippen molar-refractivity contribution in [1.82, 2.24) is 10.3 Å². The van der Waals surface area contributed by atoms with Crippen molar-refractivity contribution in [3.8, 4) is 17.1 Å².